The van der Waals surface area contributed by atoms with Gasteiger partial charge in [0.15, 0.2) is 0 Å². The highest BCUT2D eigenvalue weighted by atomic mass is 16.5. The van der Waals surface area contributed by atoms with Crippen LogP contribution in [0.4, 0.5) is 4.79 Å². The third kappa shape index (κ3) is 4.26. The monoisotopic (exact) mass is 330 g/mol. The van der Waals surface area contributed by atoms with Crippen LogP contribution >= 0.6 is 0 Å². The number of rotatable bonds is 6. The summed E-state index contributed by atoms with van der Waals surface area (Å²) < 4.78 is 5.21. The molecule has 1 aromatic carbocycles. The number of urea groups is 1. The van der Waals surface area contributed by atoms with Gasteiger partial charge in [-0.05, 0) is 31.4 Å². The van der Waals surface area contributed by atoms with Crippen LogP contribution < -0.4 is 5.32 Å². The second-order valence-electron chi connectivity index (χ2n) is 6.45. The van der Waals surface area contributed by atoms with Crippen LogP contribution in [-0.2, 0) is 11.2 Å². The van der Waals surface area contributed by atoms with Crippen molar-refractivity contribution in [3.8, 4) is 0 Å². The van der Waals surface area contributed by atoms with E-state index < -0.39 is 0 Å². The molecule has 1 unspecified atom stereocenters. The molecule has 2 N–H and O–H groups in total. The minimum Gasteiger partial charge on any atom is -0.384 e. The molecule has 1 aliphatic rings. The molecule has 0 radical (unpaired) electrons. The number of imidazole rings is 1. The molecule has 0 spiro atoms. The maximum atomic E-state index is 12.3. The zero-order valence-corrected chi connectivity index (χ0v) is 14.3. The number of hydrogen-bond acceptors (Lipinski definition) is 3. The van der Waals surface area contributed by atoms with E-state index in [0.29, 0.717) is 12.5 Å². The molecule has 3 rings (SSSR count). The van der Waals surface area contributed by atoms with E-state index in [4.69, 9.17) is 4.74 Å². The third-order valence-corrected chi connectivity index (χ3v) is 4.51. The van der Waals surface area contributed by atoms with Crippen molar-refractivity contribution in [2.75, 3.05) is 33.4 Å². The lowest BCUT2D eigenvalue weighted by atomic mass is 9.99. The van der Waals surface area contributed by atoms with E-state index in [2.05, 4.69) is 15.3 Å². The number of aryl methyl sites for hydroxylation is 1. The Kier molecular flexibility index (Phi) is 5.69. The number of aromatic amines is 1. The third-order valence-electron chi connectivity index (χ3n) is 4.51. The molecule has 0 saturated carbocycles. The number of nitrogens with one attached hydrogen (secondary N) is 2. The summed E-state index contributed by atoms with van der Waals surface area (Å²) in [5.41, 5.74) is 2.06. The number of para-hydroxylation sites is 2. The smallest absolute Gasteiger partial charge is 0.317 e. The van der Waals surface area contributed by atoms with Gasteiger partial charge in [-0.1, -0.05) is 12.1 Å². The number of piperidine rings is 1. The lowest BCUT2D eigenvalue weighted by Gasteiger charge is -2.32. The normalized spacial score (nSPS) is 18.0. The van der Waals surface area contributed by atoms with E-state index in [9.17, 15) is 4.79 Å². The Balaban J connectivity index is 1.40. The molecular formula is C18H26N4O2. The molecule has 1 saturated heterocycles. The van der Waals surface area contributed by atoms with E-state index in [1.54, 1.807) is 7.11 Å². The fraction of sp³-hybridized carbons (Fsp3) is 0.556. The lowest BCUT2D eigenvalue weighted by molar-refractivity contribution is 0.100. The summed E-state index contributed by atoms with van der Waals surface area (Å²) in [6.45, 7) is 3.04. The van der Waals surface area contributed by atoms with E-state index in [1.807, 2.05) is 29.2 Å². The van der Waals surface area contributed by atoms with Crippen molar-refractivity contribution < 1.29 is 9.53 Å². The number of amides is 2. The maximum absolute atomic E-state index is 12.3. The standard InChI is InChI=1S/C18H26N4O2/c1-24-13-14-6-5-11-22(12-14)18(23)19-10-4-9-17-20-15-7-2-3-8-16(15)21-17/h2-3,7-8,14H,4-6,9-13H2,1H3,(H,19,23)(H,20,21). The minimum absolute atomic E-state index is 0.0420. The van der Waals surface area contributed by atoms with E-state index >= 15 is 0 Å². The molecule has 1 fully saturated rings. The number of hydrogen-bond donors (Lipinski definition) is 2. The van der Waals surface area contributed by atoms with Gasteiger partial charge in [-0.3, -0.25) is 0 Å². The Morgan fingerprint density at radius 1 is 1.46 bits per heavy atom. The van der Waals surface area contributed by atoms with Gasteiger partial charge in [0.2, 0.25) is 0 Å². The highest BCUT2D eigenvalue weighted by Gasteiger charge is 2.23. The zero-order valence-electron chi connectivity index (χ0n) is 14.3. The van der Waals surface area contributed by atoms with Gasteiger partial charge < -0.3 is 19.9 Å². The van der Waals surface area contributed by atoms with Crippen LogP contribution in [0.15, 0.2) is 24.3 Å². The average molecular weight is 330 g/mol. The van der Waals surface area contributed by atoms with Gasteiger partial charge in [-0.2, -0.15) is 0 Å². The van der Waals surface area contributed by atoms with Crippen LogP contribution in [0, 0.1) is 5.92 Å². The van der Waals surface area contributed by atoms with Gasteiger partial charge in [0, 0.05) is 39.1 Å². The van der Waals surface area contributed by atoms with E-state index in [1.165, 1.54) is 0 Å². The van der Waals surface area contributed by atoms with Gasteiger partial charge in [0.1, 0.15) is 5.82 Å². The predicted octanol–water partition coefficient (Wildman–Crippen LogP) is 2.56. The Morgan fingerprint density at radius 3 is 3.17 bits per heavy atom. The fourth-order valence-corrected chi connectivity index (χ4v) is 3.31. The van der Waals surface area contributed by atoms with Crippen molar-refractivity contribution in [1.82, 2.24) is 20.2 Å². The molecule has 0 aliphatic carbocycles. The second kappa shape index (κ2) is 8.15. The van der Waals surface area contributed by atoms with Crippen molar-refractivity contribution in [2.24, 2.45) is 5.92 Å². The Bertz CT molecular complexity index is 635. The number of methoxy groups -OCH3 is 1. The molecule has 1 atom stereocenters. The molecule has 130 valence electrons. The van der Waals surface area contributed by atoms with Crippen molar-refractivity contribution in [1.29, 1.82) is 0 Å². The van der Waals surface area contributed by atoms with Crippen molar-refractivity contribution in [2.45, 2.75) is 25.7 Å². The number of benzene rings is 1. The minimum atomic E-state index is 0.0420. The Labute approximate surface area is 142 Å². The van der Waals surface area contributed by atoms with Crippen LogP contribution in [0.25, 0.3) is 11.0 Å². The highest BCUT2D eigenvalue weighted by Crippen LogP contribution is 2.16. The summed E-state index contributed by atoms with van der Waals surface area (Å²) in [5.74, 6) is 1.44. The molecule has 2 heterocycles. The quantitative estimate of drug-likeness (QED) is 0.800. The van der Waals surface area contributed by atoms with Gasteiger partial charge in [0.25, 0.3) is 0 Å². The SMILES string of the molecule is COCC1CCCN(C(=O)NCCCc2nc3ccccc3[nH]2)C1. The number of nitrogens with zero attached hydrogens (tertiary/aromatic N) is 2. The van der Waals surface area contributed by atoms with Gasteiger partial charge in [-0.15, -0.1) is 0 Å². The predicted molar refractivity (Wildman–Crippen MR) is 94.0 cm³/mol. The number of likely N-dealkylation sites (tertiary alicyclic amines) is 1. The first-order valence-electron chi connectivity index (χ1n) is 8.71. The number of H-pyrrole nitrogens is 1. The Hall–Kier alpha value is -2.08. The number of fused-ring (bicyclic) bond motifs is 1. The molecule has 6 nitrogen and oxygen atoms in total. The van der Waals surface area contributed by atoms with Crippen LogP contribution in [-0.4, -0.2) is 54.2 Å². The van der Waals surface area contributed by atoms with Crippen molar-refractivity contribution in [3.63, 3.8) is 0 Å². The van der Waals surface area contributed by atoms with Crippen LogP contribution in [0.2, 0.25) is 0 Å². The summed E-state index contributed by atoms with van der Waals surface area (Å²) in [6.07, 6.45) is 3.91. The summed E-state index contributed by atoms with van der Waals surface area (Å²) in [5, 5.41) is 3.02. The number of carbonyl (C=O) groups is 1. The number of carbonyl (C=O) groups excluding carboxylic acids is 1. The maximum Gasteiger partial charge on any atom is 0.317 e. The molecule has 0 bridgehead atoms. The van der Waals surface area contributed by atoms with E-state index in [0.717, 1.165) is 62.2 Å². The van der Waals surface area contributed by atoms with Crippen LogP contribution in [0.5, 0.6) is 0 Å². The van der Waals surface area contributed by atoms with Crippen molar-refractivity contribution in [3.05, 3.63) is 30.1 Å². The van der Waals surface area contributed by atoms with Crippen LogP contribution in [0.3, 0.4) is 0 Å². The first-order chi connectivity index (χ1) is 11.8. The van der Waals surface area contributed by atoms with Gasteiger partial charge in [-0.25, -0.2) is 9.78 Å². The number of ether oxygens (including phenoxy) is 1. The van der Waals surface area contributed by atoms with Crippen molar-refractivity contribution >= 4 is 17.1 Å². The molecule has 6 heteroatoms. The first kappa shape index (κ1) is 16.8. The topological polar surface area (TPSA) is 70.2 Å². The van der Waals surface area contributed by atoms with E-state index in [-0.39, 0.29) is 6.03 Å². The molecule has 24 heavy (non-hydrogen) atoms. The summed E-state index contributed by atoms with van der Waals surface area (Å²) in [4.78, 5) is 22.0. The summed E-state index contributed by atoms with van der Waals surface area (Å²) in [7, 11) is 1.72. The lowest BCUT2D eigenvalue weighted by Crippen LogP contribution is -2.46. The molecule has 1 aromatic heterocycles. The molecule has 2 amide bonds. The largest absolute Gasteiger partial charge is 0.384 e. The fourth-order valence-electron chi connectivity index (χ4n) is 3.31. The Morgan fingerprint density at radius 2 is 2.33 bits per heavy atom. The van der Waals surface area contributed by atoms with Crippen LogP contribution in [0.1, 0.15) is 25.1 Å². The molecule has 1 aliphatic heterocycles. The zero-order chi connectivity index (χ0) is 16.8. The highest BCUT2D eigenvalue weighted by molar-refractivity contribution is 5.75. The average Bonchev–Trinajstić information content (AvgIpc) is 3.02. The summed E-state index contributed by atoms with van der Waals surface area (Å²) >= 11 is 0. The summed E-state index contributed by atoms with van der Waals surface area (Å²) in [6, 6.07) is 8.06. The van der Waals surface area contributed by atoms with Gasteiger partial charge >= 0.3 is 6.03 Å². The molecular weight excluding hydrogens is 304 g/mol. The number of aromatic nitrogens is 2. The molecule has 2 aromatic rings. The first-order valence-corrected chi connectivity index (χ1v) is 8.71. The van der Waals surface area contributed by atoms with Gasteiger partial charge in [0.05, 0.1) is 17.6 Å². The second-order valence-corrected chi connectivity index (χ2v) is 6.45.